The highest BCUT2D eigenvalue weighted by atomic mass is 79.9. The second-order valence-corrected chi connectivity index (χ2v) is 5.81. The van der Waals surface area contributed by atoms with E-state index in [1.54, 1.807) is 0 Å². The van der Waals surface area contributed by atoms with E-state index in [1.807, 2.05) is 25.7 Å². The Balaban J connectivity index is 2.56. The van der Waals surface area contributed by atoms with Gasteiger partial charge in [-0.3, -0.25) is 4.79 Å². The van der Waals surface area contributed by atoms with Crippen LogP contribution in [-0.2, 0) is 4.79 Å². The first-order valence-electron chi connectivity index (χ1n) is 5.30. The van der Waals surface area contributed by atoms with E-state index in [0.717, 1.165) is 24.8 Å². The molecule has 0 aromatic rings. The molecule has 0 unspecified atom stereocenters. The van der Waals surface area contributed by atoms with Gasteiger partial charge in [0.2, 0.25) is 5.91 Å². The van der Waals surface area contributed by atoms with Gasteiger partial charge in [0, 0.05) is 23.8 Å². The lowest BCUT2D eigenvalue weighted by Crippen LogP contribution is -2.45. The molecule has 0 aromatic heterocycles. The van der Waals surface area contributed by atoms with Gasteiger partial charge in [-0.15, -0.1) is 0 Å². The van der Waals surface area contributed by atoms with Crippen molar-refractivity contribution in [3.63, 3.8) is 0 Å². The number of rotatable bonds is 1. The fourth-order valence-electron chi connectivity index (χ4n) is 1.85. The van der Waals surface area contributed by atoms with Gasteiger partial charge >= 0.3 is 0 Å². The van der Waals surface area contributed by atoms with Gasteiger partial charge in [-0.05, 0) is 18.8 Å². The molecular weight excluding hydrogens is 242 g/mol. The maximum Gasteiger partial charge on any atom is 0.227 e. The van der Waals surface area contributed by atoms with E-state index in [2.05, 4.69) is 15.9 Å². The van der Waals surface area contributed by atoms with Crippen LogP contribution in [0.4, 0.5) is 0 Å². The Morgan fingerprint density at radius 2 is 2.14 bits per heavy atom. The first-order chi connectivity index (χ1) is 6.45. The Hall–Kier alpha value is -0.0500. The number of carbonyl (C=O) groups excluding carboxylic acids is 1. The number of amides is 1. The van der Waals surface area contributed by atoms with Crippen LogP contribution < -0.4 is 0 Å². The lowest BCUT2D eigenvalue weighted by atomic mass is 9.92. The lowest BCUT2D eigenvalue weighted by Gasteiger charge is -2.35. The molecular formula is C11H20BrNO. The van der Waals surface area contributed by atoms with Gasteiger partial charge in [0.05, 0.1) is 0 Å². The number of likely N-dealkylation sites (tertiary alicyclic amines) is 1. The number of hydrogen-bond donors (Lipinski definition) is 0. The zero-order valence-corrected chi connectivity index (χ0v) is 10.9. The molecule has 14 heavy (non-hydrogen) atoms. The summed E-state index contributed by atoms with van der Waals surface area (Å²) in [5.41, 5.74) is -0.228. The molecule has 0 aliphatic carbocycles. The highest BCUT2D eigenvalue weighted by Crippen LogP contribution is 2.24. The van der Waals surface area contributed by atoms with Gasteiger partial charge < -0.3 is 4.90 Å². The van der Waals surface area contributed by atoms with Crippen LogP contribution in [0.25, 0.3) is 0 Å². The maximum atomic E-state index is 12.0. The number of hydrogen-bond acceptors (Lipinski definition) is 1. The SMILES string of the molecule is CC(C)(C)C(=O)N1CCC[C@@H](CBr)C1. The van der Waals surface area contributed by atoms with Crippen LogP contribution in [-0.4, -0.2) is 29.2 Å². The van der Waals surface area contributed by atoms with Crippen molar-refractivity contribution in [2.24, 2.45) is 11.3 Å². The van der Waals surface area contributed by atoms with E-state index >= 15 is 0 Å². The van der Waals surface area contributed by atoms with E-state index in [0.29, 0.717) is 11.8 Å². The molecule has 1 rings (SSSR count). The third-order valence-electron chi connectivity index (χ3n) is 2.67. The van der Waals surface area contributed by atoms with Gasteiger partial charge in [0.15, 0.2) is 0 Å². The highest BCUT2D eigenvalue weighted by molar-refractivity contribution is 9.09. The number of alkyl halides is 1. The van der Waals surface area contributed by atoms with Crippen molar-refractivity contribution in [1.29, 1.82) is 0 Å². The van der Waals surface area contributed by atoms with E-state index in [1.165, 1.54) is 6.42 Å². The summed E-state index contributed by atoms with van der Waals surface area (Å²) < 4.78 is 0. The lowest BCUT2D eigenvalue weighted by molar-refractivity contribution is -0.141. The number of nitrogens with zero attached hydrogens (tertiary/aromatic N) is 1. The zero-order valence-electron chi connectivity index (χ0n) is 9.35. The Morgan fingerprint density at radius 3 is 2.64 bits per heavy atom. The Morgan fingerprint density at radius 1 is 1.50 bits per heavy atom. The van der Waals surface area contributed by atoms with Gasteiger partial charge in [0.25, 0.3) is 0 Å². The molecule has 1 atom stereocenters. The topological polar surface area (TPSA) is 20.3 Å². The molecule has 0 bridgehead atoms. The molecule has 0 spiro atoms. The molecule has 1 amide bonds. The predicted octanol–water partition coefficient (Wildman–Crippen LogP) is 2.67. The fourth-order valence-corrected chi connectivity index (χ4v) is 2.38. The minimum Gasteiger partial charge on any atom is -0.342 e. The minimum absolute atomic E-state index is 0.228. The normalized spacial score (nSPS) is 23.7. The number of carbonyl (C=O) groups is 1. The van der Waals surface area contributed by atoms with Crippen LogP contribution in [0.5, 0.6) is 0 Å². The molecule has 0 radical (unpaired) electrons. The van der Waals surface area contributed by atoms with Crippen LogP contribution >= 0.6 is 15.9 Å². The molecule has 3 heteroatoms. The van der Waals surface area contributed by atoms with Gasteiger partial charge in [-0.2, -0.15) is 0 Å². The largest absolute Gasteiger partial charge is 0.342 e. The van der Waals surface area contributed by atoms with Crippen molar-refractivity contribution in [2.45, 2.75) is 33.6 Å². The van der Waals surface area contributed by atoms with Crippen molar-refractivity contribution in [3.8, 4) is 0 Å². The summed E-state index contributed by atoms with van der Waals surface area (Å²) in [4.78, 5) is 14.0. The monoisotopic (exact) mass is 261 g/mol. The third-order valence-corrected chi connectivity index (χ3v) is 3.58. The van der Waals surface area contributed by atoms with Gasteiger partial charge in [0.1, 0.15) is 0 Å². The number of halogens is 1. The van der Waals surface area contributed by atoms with Crippen molar-refractivity contribution in [2.75, 3.05) is 18.4 Å². The molecule has 0 saturated carbocycles. The smallest absolute Gasteiger partial charge is 0.227 e. The van der Waals surface area contributed by atoms with E-state index in [-0.39, 0.29) is 5.41 Å². The summed E-state index contributed by atoms with van der Waals surface area (Å²) in [6, 6.07) is 0. The molecule has 1 aliphatic heterocycles. The van der Waals surface area contributed by atoms with Crippen LogP contribution in [0.15, 0.2) is 0 Å². The first-order valence-corrected chi connectivity index (χ1v) is 6.42. The van der Waals surface area contributed by atoms with E-state index < -0.39 is 0 Å². The summed E-state index contributed by atoms with van der Waals surface area (Å²) in [6.45, 7) is 7.86. The Labute approximate surface area is 95.2 Å². The van der Waals surface area contributed by atoms with Crippen LogP contribution in [0.1, 0.15) is 33.6 Å². The summed E-state index contributed by atoms with van der Waals surface area (Å²) in [5.74, 6) is 0.943. The van der Waals surface area contributed by atoms with Crippen molar-refractivity contribution >= 4 is 21.8 Å². The second kappa shape index (κ2) is 4.65. The fraction of sp³-hybridized carbons (Fsp3) is 0.909. The molecule has 0 N–H and O–H groups in total. The average molecular weight is 262 g/mol. The van der Waals surface area contributed by atoms with Crippen LogP contribution in [0.2, 0.25) is 0 Å². The summed E-state index contributed by atoms with van der Waals surface area (Å²) >= 11 is 3.50. The van der Waals surface area contributed by atoms with E-state index in [9.17, 15) is 4.79 Å². The Bertz CT molecular complexity index is 210. The quantitative estimate of drug-likeness (QED) is 0.665. The molecule has 0 aromatic carbocycles. The van der Waals surface area contributed by atoms with Gasteiger partial charge in [-0.25, -0.2) is 0 Å². The second-order valence-electron chi connectivity index (χ2n) is 5.16. The standard InChI is InChI=1S/C11H20BrNO/c1-11(2,3)10(14)13-6-4-5-9(7-12)8-13/h9H,4-8H2,1-3H3/t9-/m0/s1. The van der Waals surface area contributed by atoms with Crippen molar-refractivity contribution in [1.82, 2.24) is 4.90 Å². The van der Waals surface area contributed by atoms with Gasteiger partial charge in [-0.1, -0.05) is 36.7 Å². The van der Waals surface area contributed by atoms with Crippen molar-refractivity contribution in [3.05, 3.63) is 0 Å². The summed E-state index contributed by atoms with van der Waals surface area (Å²) in [7, 11) is 0. The maximum absolute atomic E-state index is 12.0. The molecule has 1 saturated heterocycles. The summed E-state index contributed by atoms with van der Waals surface area (Å²) in [5, 5.41) is 1.01. The molecule has 1 fully saturated rings. The van der Waals surface area contributed by atoms with Crippen LogP contribution in [0, 0.1) is 11.3 Å². The van der Waals surface area contributed by atoms with E-state index in [4.69, 9.17) is 0 Å². The first kappa shape index (κ1) is 12.0. The third kappa shape index (κ3) is 2.97. The molecule has 2 nitrogen and oxygen atoms in total. The highest BCUT2D eigenvalue weighted by Gasteiger charge is 2.30. The molecule has 82 valence electrons. The molecule has 1 aliphatic rings. The number of piperidine rings is 1. The predicted molar refractivity (Wildman–Crippen MR) is 62.6 cm³/mol. The zero-order chi connectivity index (χ0) is 10.8. The molecule has 1 heterocycles. The Kier molecular flexibility index (Phi) is 3.99. The van der Waals surface area contributed by atoms with Crippen molar-refractivity contribution < 1.29 is 4.79 Å². The average Bonchev–Trinajstić information content (AvgIpc) is 2.15. The minimum atomic E-state index is -0.228. The summed E-state index contributed by atoms with van der Waals surface area (Å²) in [6.07, 6.45) is 2.40. The van der Waals surface area contributed by atoms with Crippen LogP contribution in [0.3, 0.4) is 0 Å².